The molecular weight excluding hydrogens is 868 g/mol. The fourth-order valence-electron chi connectivity index (χ4n) is 8.65. The van der Waals surface area contributed by atoms with Crippen LogP contribution in [0.3, 0.4) is 0 Å². The van der Waals surface area contributed by atoms with Gasteiger partial charge >= 0.3 is 25.7 Å². The average Bonchev–Trinajstić information content (AvgIpc) is 4.07. The van der Waals surface area contributed by atoms with E-state index in [1.54, 1.807) is 0 Å². The molecule has 0 radical (unpaired) electrons. The van der Waals surface area contributed by atoms with Gasteiger partial charge in [-0.15, -0.1) is 0 Å². The lowest BCUT2D eigenvalue weighted by Gasteiger charge is -2.20. The van der Waals surface area contributed by atoms with E-state index >= 15 is 0 Å². The van der Waals surface area contributed by atoms with Crippen molar-refractivity contribution in [2.75, 3.05) is 26.4 Å². The highest BCUT2D eigenvalue weighted by molar-refractivity contribution is 7.47. The van der Waals surface area contributed by atoms with E-state index in [0.717, 1.165) is 88.9 Å². The lowest BCUT2D eigenvalue weighted by Crippen LogP contribution is -2.30. The molecule has 1 rings (SSSR count). The topological polar surface area (TPSA) is 155 Å². The summed E-state index contributed by atoms with van der Waals surface area (Å²) in [6.45, 7) is 4.85. The highest BCUT2D eigenvalue weighted by Gasteiger charge is 2.35. The van der Waals surface area contributed by atoms with Crippen LogP contribution >= 0.6 is 7.82 Å². The number of esters is 3. The molecule has 0 bridgehead atoms. The third-order valence-corrected chi connectivity index (χ3v) is 14.0. The molecular formula is C55H103O11P. The Labute approximate surface area is 410 Å². The summed E-state index contributed by atoms with van der Waals surface area (Å²) in [5.41, 5.74) is 0. The third kappa shape index (κ3) is 42.8. The summed E-state index contributed by atoms with van der Waals surface area (Å²) in [5, 5.41) is 10.3. The molecule has 1 fully saturated rings. The molecule has 0 spiro atoms. The van der Waals surface area contributed by atoms with Gasteiger partial charge in [-0.1, -0.05) is 213 Å². The SMILES string of the molecule is CCCCCC/C=C\CCCCCCCC(=O)OC[C@H](COP(=O)(O)OC[C@@H](O)COC(=O)CCCCCCCCCCCCCCC)OC(=O)CCCCCCCC1CC1CCCCCC. The molecule has 0 saturated heterocycles. The van der Waals surface area contributed by atoms with Crippen molar-refractivity contribution in [2.24, 2.45) is 11.8 Å². The smallest absolute Gasteiger partial charge is 0.463 e. The van der Waals surface area contributed by atoms with Crippen molar-refractivity contribution in [3.8, 4) is 0 Å². The van der Waals surface area contributed by atoms with Crippen LogP contribution in [0.4, 0.5) is 0 Å². The van der Waals surface area contributed by atoms with E-state index in [1.807, 2.05) is 0 Å². The van der Waals surface area contributed by atoms with Crippen LogP contribution < -0.4 is 0 Å². The zero-order valence-electron chi connectivity index (χ0n) is 43.4. The van der Waals surface area contributed by atoms with Crippen molar-refractivity contribution in [1.82, 2.24) is 0 Å². The minimum atomic E-state index is -4.72. The minimum absolute atomic E-state index is 0.180. The molecule has 0 amide bonds. The second kappa shape index (κ2) is 45.4. The number of unbranched alkanes of at least 4 members (excludes halogenated alkanes) is 28. The monoisotopic (exact) mass is 971 g/mol. The van der Waals surface area contributed by atoms with Crippen molar-refractivity contribution in [3.05, 3.63) is 12.2 Å². The van der Waals surface area contributed by atoms with Gasteiger partial charge in [0.2, 0.25) is 0 Å². The van der Waals surface area contributed by atoms with E-state index in [4.69, 9.17) is 23.3 Å². The fraction of sp³-hybridized carbons (Fsp3) is 0.909. The molecule has 3 unspecified atom stereocenters. The maximum atomic E-state index is 12.9. The molecule has 0 aliphatic heterocycles. The molecule has 0 aromatic heterocycles. The molecule has 12 heteroatoms. The maximum absolute atomic E-state index is 12.9. The zero-order chi connectivity index (χ0) is 48.9. The summed E-state index contributed by atoms with van der Waals surface area (Å²) >= 11 is 0. The van der Waals surface area contributed by atoms with Crippen LogP contribution in [0, 0.1) is 11.8 Å². The Morgan fingerprint density at radius 3 is 1.31 bits per heavy atom. The Morgan fingerprint density at radius 1 is 0.478 bits per heavy atom. The van der Waals surface area contributed by atoms with E-state index in [1.165, 1.54) is 135 Å². The van der Waals surface area contributed by atoms with Crippen LogP contribution in [0.2, 0.25) is 0 Å². The second-order valence-electron chi connectivity index (χ2n) is 19.7. The van der Waals surface area contributed by atoms with Gasteiger partial charge in [-0.05, 0) is 63.2 Å². The van der Waals surface area contributed by atoms with Gasteiger partial charge in [0.1, 0.15) is 19.3 Å². The normalized spacial score (nSPS) is 16.5. The second-order valence-corrected chi connectivity index (χ2v) is 21.2. The lowest BCUT2D eigenvalue weighted by atomic mass is 10.0. The molecule has 1 aliphatic rings. The van der Waals surface area contributed by atoms with Crippen LogP contribution in [0.1, 0.15) is 271 Å². The number of allylic oxidation sites excluding steroid dienone is 2. The first-order valence-electron chi connectivity index (χ1n) is 28.1. The largest absolute Gasteiger partial charge is 0.472 e. The van der Waals surface area contributed by atoms with Gasteiger partial charge in [0.25, 0.3) is 0 Å². The van der Waals surface area contributed by atoms with Gasteiger partial charge < -0.3 is 24.2 Å². The van der Waals surface area contributed by atoms with Crippen LogP contribution in [-0.2, 0) is 42.2 Å². The Balaban J connectivity index is 2.38. The molecule has 67 heavy (non-hydrogen) atoms. The van der Waals surface area contributed by atoms with Crippen LogP contribution in [0.25, 0.3) is 0 Å². The summed E-state index contributed by atoms with van der Waals surface area (Å²) < 4.78 is 39.0. The third-order valence-electron chi connectivity index (χ3n) is 13.1. The van der Waals surface area contributed by atoms with Crippen molar-refractivity contribution >= 4 is 25.7 Å². The Hall–Kier alpha value is -1.78. The van der Waals surface area contributed by atoms with Crippen molar-refractivity contribution in [2.45, 2.75) is 283 Å². The minimum Gasteiger partial charge on any atom is -0.463 e. The number of hydrogen-bond donors (Lipinski definition) is 2. The predicted molar refractivity (Wildman–Crippen MR) is 273 cm³/mol. The number of rotatable bonds is 51. The quantitative estimate of drug-likeness (QED) is 0.0197. The first kappa shape index (κ1) is 63.2. The van der Waals surface area contributed by atoms with Crippen molar-refractivity contribution < 1.29 is 52.2 Å². The fourth-order valence-corrected chi connectivity index (χ4v) is 9.44. The molecule has 0 heterocycles. The summed E-state index contributed by atoms with van der Waals surface area (Å²) in [6.07, 6.45) is 45.1. The summed E-state index contributed by atoms with van der Waals surface area (Å²) in [7, 11) is -4.72. The zero-order valence-corrected chi connectivity index (χ0v) is 44.3. The Morgan fingerprint density at radius 2 is 0.836 bits per heavy atom. The van der Waals surface area contributed by atoms with Crippen LogP contribution in [0.5, 0.6) is 0 Å². The molecule has 0 aromatic rings. The first-order chi connectivity index (χ1) is 32.6. The Bertz CT molecular complexity index is 1240. The number of hydrogen-bond acceptors (Lipinski definition) is 10. The molecule has 11 nitrogen and oxygen atoms in total. The number of ether oxygens (including phenoxy) is 3. The van der Waals surface area contributed by atoms with Gasteiger partial charge in [0, 0.05) is 19.3 Å². The van der Waals surface area contributed by atoms with Gasteiger partial charge in [-0.3, -0.25) is 23.4 Å². The highest BCUT2D eigenvalue weighted by Crippen LogP contribution is 2.46. The molecule has 1 aliphatic carbocycles. The van der Waals surface area contributed by atoms with Gasteiger partial charge in [-0.2, -0.15) is 0 Å². The summed E-state index contributed by atoms with van der Waals surface area (Å²) in [4.78, 5) is 48.1. The Kier molecular flexibility index (Phi) is 42.8. The van der Waals surface area contributed by atoms with E-state index in [9.17, 15) is 28.9 Å². The molecule has 5 atom stereocenters. The summed E-state index contributed by atoms with van der Waals surface area (Å²) in [5.74, 6) is 0.486. The van der Waals surface area contributed by atoms with E-state index in [-0.39, 0.29) is 32.5 Å². The van der Waals surface area contributed by atoms with Crippen LogP contribution in [-0.4, -0.2) is 66.5 Å². The number of aliphatic hydroxyl groups is 1. The standard InChI is InChI=1S/C55H103O11P/c1-4-7-10-13-15-17-19-21-23-25-27-31-36-41-53(57)62-45-51(56)46-64-67(60,61)65-48-52(47-63-54(58)42-37-32-28-26-24-22-20-18-16-14-11-8-5-2)66-55(59)43-38-33-29-30-35-40-50-44-49(50)39-34-12-9-6-3/h18,20,49-52,56H,4-17,19,21-48H2,1-3H3,(H,60,61)/b20-18-/t49?,50?,51-,52+/m0/s1. The number of carbonyl (C=O) groups is 3. The number of aliphatic hydroxyl groups excluding tert-OH is 1. The van der Waals surface area contributed by atoms with E-state index < -0.39 is 51.2 Å². The van der Waals surface area contributed by atoms with E-state index in [2.05, 4.69) is 32.9 Å². The molecule has 1 saturated carbocycles. The lowest BCUT2D eigenvalue weighted by molar-refractivity contribution is -0.161. The molecule has 2 N–H and O–H groups in total. The van der Waals surface area contributed by atoms with Crippen molar-refractivity contribution in [3.63, 3.8) is 0 Å². The number of phosphoric acid groups is 1. The van der Waals surface area contributed by atoms with Gasteiger partial charge in [0.05, 0.1) is 13.2 Å². The number of carbonyl (C=O) groups excluding carboxylic acids is 3. The van der Waals surface area contributed by atoms with Crippen LogP contribution in [0.15, 0.2) is 12.2 Å². The average molecular weight is 971 g/mol. The molecule has 0 aromatic carbocycles. The first-order valence-corrected chi connectivity index (χ1v) is 29.5. The van der Waals surface area contributed by atoms with Gasteiger partial charge in [0.15, 0.2) is 6.10 Å². The molecule has 394 valence electrons. The predicted octanol–water partition coefficient (Wildman–Crippen LogP) is 15.6. The number of phosphoric ester groups is 1. The van der Waals surface area contributed by atoms with Gasteiger partial charge in [-0.25, -0.2) is 4.57 Å². The maximum Gasteiger partial charge on any atom is 0.472 e. The van der Waals surface area contributed by atoms with E-state index in [0.29, 0.717) is 19.3 Å². The highest BCUT2D eigenvalue weighted by atomic mass is 31.2. The summed E-state index contributed by atoms with van der Waals surface area (Å²) in [6, 6.07) is 0. The van der Waals surface area contributed by atoms with Crippen molar-refractivity contribution in [1.29, 1.82) is 0 Å².